The average molecular weight is 289 g/mol. The molecule has 1 saturated carbocycles. The van der Waals surface area contributed by atoms with Crippen LogP contribution in [0, 0.1) is 5.92 Å². The molecule has 2 unspecified atom stereocenters. The molecule has 1 saturated heterocycles. The van der Waals surface area contributed by atoms with Gasteiger partial charge in [-0.3, -0.25) is 9.78 Å². The van der Waals surface area contributed by atoms with Gasteiger partial charge < -0.3 is 10.6 Å². The Morgan fingerprint density at radius 2 is 2.10 bits per heavy atom. The second-order valence-corrected chi connectivity index (χ2v) is 6.14. The van der Waals surface area contributed by atoms with Crippen molar-refractivity contribution in [2.45, 2.75) is 38.1 Å². The molecule has 0 bridgehead atoms. The number of thiocarbonyl (C=S) groups is 1. The highest BCUT2D eigenvalue weighted by molar-refractivity contribution is 7.80. The summed E-state index contributed by atoms with van der Waals surface area (Å²) >= 11 is 4.90. The lowest BCUT2D eigenvalue weighted by Crippen LogP contribution is -2.39. The lowest BCUT2D eigenvalue weighted by Gasteiger charge is -2.31. The molecule has 2 N–H and O–H groups in total. The maximum atomic E-state index is 12.6. The molecule has 1 amide bonds. The zero-order valence-electron chi connectivity index (χ0n) is 11.4. The van der Waals surface area contributed by atoms with Gasteiger partial charge in [0.05, 0.1) is 0 Å². The van der Waals surface area contributed by atoms with Crippen molar-refractivity contribution in [2.24, 2.45) is 11.7 Å². The standard InChI is InChI=1S/C15H19N3OS/c16-14(20)11-5-6-12(17-9-11)15(19)18-8-7-10-3-1-2-4-13(10)18/h5-6,9-10,13H,1-4,7-8H2,(H2,16,20). The van der Waals surface area contributed by atoms with Crippen LogP contribution in [0.25, 0.3) is 0 Å². The molecule has 2 atom stereocenters. The van der Waals surface area contributed by atoms with Crippen LogP contribution >= 0.6 is 12.2 Å². The Morgan fingerprint density at radius 3 is 2.80 bits per heavy atom. The molecule has 2 fully saturated rings. The summed E-state index contributed by atoms with van der Waals surface area (Å²) in [4.78, 5) is 19.1. The van der Waals surface area contributed by atoms with Crippen LogP contribution in [0.4, 0.5) is 0 Å². The lowest BCUT2D eigenvalue weighted by atomic mass is 9.85. The largest absolute Gasteiger partial charge is 0.389 e. The van der Waals surface area contributed by atoms with E-state index in [1.54, 1.807) is 18.3 Å². The number of rotatable bonds is 2. The molecule has 3 rings (SSSR count). The van der Waals surface area contributed by atoms with Gasteiger partial charge in [-0.05, 0) is 37.3 Å². The zero-order valence-corrected chi connectivity index (χ0v) is 12.2. The number of nitrogens with zero attached hydrogens (tertiary/aromatic N) is 2. The van der Waals surface area contributed by atoms with E-state index in [2.05, 4.69) is 4.98 Å². The van der Waals surface area contributed by atoms with Crippen LogP contribution in [0.2, 0.25) is 0 Å². The first-order valence-electron chi connectivity index (χ1n) is 7.23. The minimum Gasteiger partial charge on any atom is -0.389 e. The first-order chi connectivity index (χ1) is 9.66. The number of carbonyl (C=O) groups excluding carboxylic acids is 1. The fourth-order valence-electron chi connectivity index (χ4n) is 3.47. The monoisotopic (exact) mass is 289 g/mol. The molecule has 0 radical (unpaired) electrons. The minimum atomic E-state index is 0.0499. The number of hydrogen-bond acceptors (Lipinski definition) is 3. The average Bonchev–Trinajstić information content (AvgIpc) is 2.90. The van der Waals surface area contributed by atoms with Crippen molar-refractivity contribution in [3.05, 3.63) is 29.6 Å². The Hall–Kier alpha value is -1.49. The van der Waals surface area contributed by atoms with E-state index >= 15 is 0 Å². The molecule has 106 valence electrons. The van der Waals surface area contributed by atoms with E-state index < -0.39 is 0 Å². The summed E-state index contributed by atoms with van der Waals surface area (Å²) in [6.45, 7) is 0.868. The van der Waals surface area contributed by atoms with E-state index in [1.165, 1.54) is 19.3 Å². The molecule has 1 aromatic heterocycles. The second kappa shape index (κ2) is 5.48. The lowest BCUT2D eigenvalue weighted by molar-refractivity contribution is 0.0684. The fraction of sp³-hybridized carbons (Fsp3) is 0.533. The highest BCUT2D eigenvalue weighted by Crippen LogP contribution is 2.36. The molecule has 1 aliphatic carbocycles. The number of carbonyl (C=O) groups is 1. The van der Waals surface area contributed by atoms with Gasteiger partial charge in [0.25, 0.3) is 5.91 Å². The maximum Gasteiger partial charge on any atom is 0.272 e. The molecule has 4 nitrogen and oxygen atoms in total. The van der Waals surface area contributed by atoms with Gasteiger partial charge in [-0.1, -0.05) is 25.1 Å². The third-order valence-corrected chi connectivity index (χ3v) is 4.77. The van der Waals surface area contributed by atoms with Crippen LogP contribution < -0.4 is 5.73 Å². The first kappa shape index (κ1) is 13.5. The minimum absolute atomic E-state index is 0.0499. The third kappa shape index (κ3) is 2.42. The zero-order chi connectivity index (χ0) is 14.1. The van der Waals surface area contributed by atoms with E-state index in [-0.39, 0.29) is 5.91 Å². The molecule has 0 spiro atoms. The Bertz CT molecular complexity index is 528. The van der Waals surface area contributed by atoms with Crippen molar-refractivity contribution in [3.63, 3.8) is 0 Å². The van der Waals surface area contributed by atoms with E-state index in [0.717, 1.165) is 19.4 Å². The molecule has 20 heavy (non-hydrogen) atoms. The van der Waals surface area contributed by atoms with Crippen LogP contribution in [-0.4, -0.2) is 33.4 Å². The van der Waals surface area contributed by atoms with Gasteiger partial charge in [0.2, 0.25) is 0 Å². The Kier molecular flexibility index (Phi) is 3.70. The summed E-state index contributed by atoms with van der Waals surface area (Å²) in [5.41, 5.74) is 6.74. The molecule has 2 aliphatic rings. The van der Waals surface area contributed by atoms with Crippen LogP contribution in [0.3, 0.4) is 0 Å². The van der Waals surface area contributed by atoms with Crippen molar-refractivity contribution in [2.75, 3.05) is 6.54 Å². The van der Waals surface area contributed by atoms with Gasteiger partial charge >= 0.3 is 0 Å². The fourth-order valence-corrected chi connectivity index (χ4v) is 3.59. The van der Waals surface area contributed by atoms with Crippen LogP contribution in [0.1, 0.15) is 48.2 Å². The Labute approximate surface area is 124 Å². The van der Waals surface area contributed by atoms with Crippen LogP contribution in [-0.2, 0) is 0 Å². The molecule has 1 aliphatic heterocycles. The Morgan fingerprint density at radius 1 is 1.30 bits per heavy atom. The van der Waals surface area contributed by atoms with Gasteiger partial charge in [0, 0.05) is 24.3 Å². The number of likely N-dealkylation sites (tertiary alicyclic amines) is 1. The number of amides is 1. The number of aromatic nitrogens is 1. The summed E-state index contributed by atoms with van der Waals surface area (Å²) in [5.74, 6) is 0.748. The van der Waals surface area contributed by atoms with E-state index in [0.29, 0.717) is 28.2 Å². The molecular weight excluding hydrogens is 270 g/mol. The van der Waals surface area contributed by atoms with Crippen molar-refractivity contribution < 1.29 is 4.79 Å². The third-order valence-electron chi connectivity index (χ3n) is 4.54. The molecule has 1 aromatic rings. The predicted molar refractivity (Wildman–Crippen MR) is 81.5 cm³/mol. The summed E-state index contributed by atoms with van der Waals surface area (Å²) in [5, 5.41) is 0. The van der Waals surface area contributed by atoms with Gasteiger partial charge in [0.1, 0.15) is 10.7 Å². The summed E-state index contributed by atoms with van der Waals surface area (Å²) in [6, 6.07) is 3.93. The molecule has 2 heterocycles. The second-order valence-electron chi connectivity index (χ2n) is 5.70. The van der Waals surface area contributed by atoms with Gasteiger partial charge in [-0.15, -0.1) is 0 Å². The van der Waals surface area contributed by atoms with Crippen molar-refractivity contribution in [1.82, 2.24) is 9.88 Å². The highest BCUT2D eigenvalue weighted by Gasteiger charge is 2.38. The Balaban J connectivity index is 1.76. The predicted octanol–water partition coefficient (Wildman–Crippen LogP) is 2.12. The van der Waals surface area contributed by atoms with Gasteiger partial charge in [-0.2, -0.15) is 0 Å². The van der Waals surface area contributed by atoms with Gasteiger partial charge in [0.15, 0.2) is 0 Å². The number of pyridine rings is 1. The number of fused-ring (bicyclic) bond motifs is 1. The quantitative estimate of drug-likeness (QED) is 0.847. The molecule has 0 aromatic carbocycles. The summed E-state index contributed by atoms with van der Waals surface area (Å²) in [6.07, 6.45) is 7.68. The van der Waals surface area contributed by atoms with Crippen LogP contribution in [0.15, 0.2) is 18.3 Å². The smallest absolute Gasteiger partial charge is 0.272 e. The summed E-state index contributed by atoms with van der Waals surface area (Å²) < 4.78 is 0. The summed E-state index contributed by atoms with van der Waals surface area (Å²) in [7, 11) is 0. The SMILES string of the molecule is NC(=S)c1ccc(C(=O)N2CCC3CCCCC32)nc1. The van der Waals surface area contributed by atoms with Crippen molar-refractivity contribution in [3.8, 4) is 0 Å². The first-order valence-corrected chi connectivity index (χ1v) is 7.64. The highest BCUT2D eigenvalue weighted by atomic mass is 32.1. The van der Waals surface area contributed by atoms with Gasteiger partial charge in [-0.25, -0.2) is 0 Å². The van der Waals surface area contributed by atoms with E-state index in [9.17, 15) is 4.79 Å². The number of nitrogens with two attached hydrogens (primary N) is 1. The maximum absolute atomic E-state index is 12.6. The molecule has 5 heteroatoms. The molecular formula is C15H19N3OS. The number of hydrogen-bond donors (Lipinski definition) is 1. The normalized spacial score (nSPS) is 25.3. The van der Waals surface area contributed by atoms with Crippen molar-refractivity contribution in [1.29, 1.82) is 0 Å². The van der Waals surface area contributed by atoms with E-state index in [1.807, 2.05) is 4.90 Å². The van der Waals surface area contributed by atoms with Crippen molar-refractivity contribution >= 4 is 23.1 Å². The van der Waals surface area contributed by atoms with E-state index in [4.69, 9.17) is 18.0 Å². The van der Waals surface area contributed by atoms with Crippen LogP contribution in [0.5, 0.6) is 0 Å². The topological polar surface area (TPSA) is 59.2 Å².